The number of methoxy groups -OCH3 is 2. The molecule has 2 aromatic rings. The van der Waals surface area contributed by atoms with Gasteiger partial charge in [0, 0.05) is 0 Å². The van der Waals surface area contributed by atoms with Crippen LogP contribution in [-0.4, -0.2) is 38.3 Å². The summed E-state index contributed by atoms with van der Waals surface area (Å²) in [6, 6.07) is 8.23. The number of hydrazone groups is 1. The molecule has 2 rings (SSSR count). The molecule has 0 saturated heterocycles. The van der Waals surface area contributed by atoms with Crippen molar-refractivity contribution in [1.29, 1.82) is 0 Å². The number of ether oxygens (including phenoxy) is 2. The van der Waals surface area contributed by atoms with Crippen molar-refractivity contribution >= 4 is 40.6 Å². The van der Waals surface area contributed by atoms with Crippen molar-refractivity contribution in [3.05, 3.63) is 56.9 Å². The van der Waals surface area contributed by atoms with Gasteiger partial charge >= 0.3 is 0 Å². The molecule has 0 spiro atoms. The zero-order valence-electron chi connectivity index (χ0n) is 17.0. The molecule has 1 atom stereocenters. The van der Waals surface area contributed by atoms with Crippen molar-refractivity contribution in [2.24, 2.45) is 11.0 Å². The van der Waals surface area contributed by atoms with Gasteiger partial charge in [-0.3, -0.25) is 9.59 Å². The third kappa shape index (κ3) is 5.91. The maximum absolute atomic E-state index is 13.8. The Hall–Kier alpha value is -2.69. The number of nitrogens with one attached hydrogen (secondary N) is 2. The molecule has 0 aromatic heterocycles. The molecule has 7 nitrogen and oxygen atoms in total. The van der Waals surface area contributed by atoms with E-state index in [2.05, 4.69) is 38.4 Å². The van der Waals surface area contributed by atoms with Crippen LogP contribution in [0.15, 0.2) is 41.5 Å². The Bertz CT molecular complexity index is 950. The van der Waals surface area contributed by atoms with Gasteiger partial charge in [0.05, 0.1) is 29.6 Å². The van der Waals surface area contributed by atoms with Crippen LogP contribution in [-0.2, 0) is 4.79 Å². The Morgan fingerprint density at radius 3 is 2.47 bits per heavy atom. The Morgan fingerprint density at radius 2 is 1.87 bits per heavy atom. The summed E-state index contributed by atoms with van der Waals surface area (Å²) in [5.74, 6) is -0.928. The van der Waals surface area contributed by atoms with Crippen LogP contribution >= 0.6 is 22.6 Å². The second kappa shape index (κ2) is 10.9. The van der Waals surface area contributed by atoms with Gasteiger partial charge in [0.15, 0.2) is 11.5 Å². The van der Waals surface area contributed by atoms with E-state index in [1.165, 1.54) is 31.5 Å². The first kappa shape index (κ1) is 23.6. The summed E-state index contributed by atoms with van der Waals surface area (Å²) >= 11 is 2.11. The van der Waals surface area contributed by atoms with Crippen molar-refractivity contribution in [2.45, 2.75) is 19.9 Å². The molecule has 30 heavy (non-hydrogen) atoms. The minimum atomic E-state index is -0.889. The van der Waals surface area contributed by atoms with Crippen LogP contribution in [0.2, 0.25) is 0 Å². The molecule has 0 aliphatic rings. The van der Waals surface area contributed by atoms with Crippen molar-refractivity contribution in [2.75, 3.05) is 14.2 Å². The van der Waals surface area contributed by atoms with E-state index >= 15 is 0 Å². The zero-order valence-corrected chi connectivity index (χ0v) is 19.2. The Labute approximate surface area is 188 Å². The standard InChI is InChI=1S/C21H23FIN3O4/c1-12(2)18(25-20(27)14-7-5-6-8-15(14)22)21(28)26-24-11-13-9-16(23)19(30-4)17(10-13)29-3/h5-12,18H,1-4H3,(H,25,27)(H,26,28)/b24-11+. The molecular formula is C21H23FIN3O4. The summed E-state index contributed by atoms with van der Waals surface area (Å²) in [4.78, 5) is 24.9. The first-order chi connectivity index (χ1) is 14.3. The van der Waals surface area contributed by atoms with E-state index < -0.39 is 23.7 Å². The lowest BCUT2D eigenvalue weighted by molar-refractivity contribution is -0.123. The minimum Gasteiger partial charge on any atom is -0.493 e. The highest BCUT2D eigenvalue weighted by Gasteiger charge is 2.25. The second-order valence-electron chi connectivity index (χ2n) is 6.65. The highest BCUT2D eigenvalue weighted by molar-refractivity contribution is 14.1. The summed E-state index contributed by atoms with van der Waals surface area (Å²) in [6.07, 6.45) is 1.46. The number of nitrogens with zero attached hydrogens (tertiary/aromatic N) is 1. The normalized spacial score (nSPS) is 12.0. The average Bonchev–Trinajstić information content (AvgIpc) is 2.71. The Balaban J connectivity index is 2.10. The Morgan fingerprint density at radius 1 is 1.17 bits per heavy atom. The number of benzene rings is 2. The SMILES string of the molecule is COc1cc(/C=N/NC(=O)C(NC(=O)c2ccccc2F)C(C)C)cc(I)c1OC. The maximum Gasteiger partial charge on any atom is 0.262 e. The quantitative estimate of drug-likeness (QED) is 0.313. The van der Waals surface area contributed by atoms with Crippen molar-refractivity contribution < 1.29 is 23.5 Å². The Kier molecular flexibility index (Phi) is 8.58. The summed E-state index contributed by atoms with van der Waals surface area (Å²) in [5.41, 5.74) is 2.98. The van der Waals surface area contributed by atoms with Crippen molar-refractivity contribution in [1.82, 2.24) is 10.7 Å². The van der Waals surface area contributed by atoms with E-state index in [0.717, 1.165) is 3.57 Å². The van der Waals surface area contributed by atoms with Crippen molar-refractivity contribution in [3.8, 4) is 11.5 Å². The fraction of sp³-hybridized carbons (Fsp3) is 0.286. The predicted octanol–water partition coefficient (Wildman–Crippen LogP) is 3.35. The molecule has 0 bridgehead atoms. The lowest BCUT2D eigenvalue weighted by Gasteiger charge is -2.20. The predicted molar refractivity (Wildman–Crippen MR) is 120 cm³/mol. The van der Waals surface area contributed by atoms with Gasteiger partial charge in [-0.05, 0) is 58.3 Å². The van der Waals surface area contributed by atoms with Crippen LogP contribution in [0.25, 0.3) is 0 Å². The highest BCUT2D eigenvalue weighted by Crippen LogP contribution is 2.33. The van der Waals surface area contributed by atoms with Gasteiger partial charge in [-0.1, -0.05) is 26.0 Å². The smallest absolute Gasteiger partial charge is 0.262 e. The van der Waals surface area contributed by atoms with Gasteiger partial charge in [-0.25, -0.2) is 9.82 Å². The monoisotopic (exact) mass is 527 g/mol. The molecule has 0 aliphatic heterocycles. The molecule has 0 heterocycles. The topological polar surface area (TPSA) is 89.0 Å². The molecular weight excluding hydrogens is 504 g/mol. The van der Waals surface area contributed by atoms with Gasteiger partial charge in [0.2, 0.25) is 0 Å². The average molecular weight is 527 g/mol. The van der Waals surface area contributed by atoms with E-state index in [1.807, 2.05) is 6.07 Å². The number of amides is 2. The van der Waals surface area contributed by atoms with Gasteiger partial charge in [-0.15, -0.1) is 0 Å². The molecule has 0 aliphatic carbocycles. The molecule has 2 amide bonds. The third-order valence-corrected chi connectivity index (χ3v) is 5.00. The fourth-order valence-corrected chi connectivity index (χ4v) is 3.50. The first-order valence-corrected chi connectivity index (χ1v) is 10.2. The summed E-state index contributed by atoms with van der Waals surface area (Å²) in [5, 5.41) is 6.53. The number of carbonyl (C=O) groups is 2. The van der Waals surface area contributed by atoms with E-state index in [1.54, 1.807) is 33.1 Å². The number of hydrogen-bond acceptors (Lipinski definition) is 5. The van der Waals surface area contributed by atoms with E-state index in [4.69, 9.17) is 9.47 Å². The summed E-state index contributed by atoms with van der Waals surface area (Å²) in [6.45, 7) is 3.54. The van der Waals surface area contributed by atoms with Crippen LogP contribution in [0.5, 0.6) is 11.5 Å². The van der Waals surface area contributed by atoms with E-state index in [-0.39, 0.29) is 11.5 Å². The third-order valence-electron chi connectivity index (χ3n) is 4.20. The van der Waals surface area contributed by atoms with Crippen molar-refractivity contribution in [3.63, 3.8) is 0 Å². The number of hydrogen-bond donors (Lipinski definition) is 2. The highest BCUT2D eigenvalue weighted by atomic mass is 127. The first-order valence-electron chi connectivity index (χ1n) is 9.08. The number of rotatable bonds is 8. The second-order valence-corrected chi connectivity index (χ2v) is 7.81. The van der Waals surface area contributed by atoms with Gasteiger partial charge < -0.3 is 14.8 Å². The molecule has 0 saturated carbocycles. The molecule has 160 valence electrons. The lowest BCUT2D eigenvalue weighted by Crippen LogP contribution is -2.48. The molecule has 9 heteroatoms. The molecule has 2 aromatic carbocycles. The number of halogens is 2. The molecule has 1 unspecified atom stereocenters. The zero-order chi connectivity index (χ0) is 22.3. The minimum absolute atomic E-state index is 0.126. The van der Waals surface area contributed by atoms with Gasteiger partial charge in [-0.2, -0.15) is 5.10 Å². The van der Waals surface area contributed by atoms with E-state index in [9.17, 15) is 14.0 Å². The van der Waals surface area contributed by atoms with Crippen LogP contribution in [0.3, 0.4) is 0 Å². The van der Waals surface area contributed by atoms with Gasteiger partial charge in [0.1, 0.15) is 11.9 Å². The molecule has 0 radical (unpaired) electrons. The van der Waals surface area contributed by atoms with Gasteiger partial charge in [0.25, 0.3) is 11.8 Å². The molecule has 0 fully saturated rings. The van der Waals surface area contributed by atoms with E-state index in [0.29, 0.717) is 17.1 Å². The molecule has 2 N–H and O–H groups in total. The van der Waals surface area contributed by atoms with Crippen LogP contribution in [0.1, 0.15) is 29.8 Å². The summed E-state index contributed by atoms with van der Waals surface area (Å²) in [7, 11) is 3.08. The maximum atomic E-state index is 13.8. The lowest BCUT2D eigenvalue weighted by atomic mass is 10.0. The number of carbonyl (C=O) groups excluding carboxylic acids is 2. The largest absolute Gasteiger partial charge is 0.493 e. The fourth-order valence-electron chi connectivity index (χ4n) is 2.65. The van der Waals surface area contributed by atoms with Crippen LogP contribution in [0, 0.1) is 15.3 Å². The van der Waals surface area contributed by atoms with Crippen LogP contribution in [0.4, 0.5) is 4.39 Å². The van der Waals surface area contributed by atoms with Crippen LogP contribution < -0.4 is 20.2 Å². The summed E-state index contributed by atoms with van der Waals surface area (Å²) < 4.78 is 25.2.